The highest BCUT2D eigenvalue weighted by Gasteiger charge is 2.20. The molecule has 0 spiro atoms. The molecule has 0 aliphatic rings. The summed E-state index contributed by atoms with van der Waals surface area (Å²) >= 11 is 7.62. The monoisotopic (exact) mass is 246 g/mol. The van der Waals surface area contributed by atoms with Crippen LogP contribution in [0, 0.1) is 0 Å². The molecule has 0 saturated carbocycles. The van der Waals surface area contributed by atoms with Crippen molar-refractivity contribution >= 4 is 22.9 Å². The summed E-state index contributed by atoms with van der Waals surface area (Å²) in [7, 11) is 2.12. The van der Waals surface area contributed by atoms with Crippen molar-refractivity contribution in [1.82, 2.24) is 4.90 Å². The topological polar surface area (TPSA) is 29.3 Å². The molecule has 0 bridgehead atoms. The Morgan fingerprint density at radius 2 is 2.27 bits per heavy atom. The Labute approximate surface area is 101 Å². The van der Waals surface area contributed by atoms with Gasteiger partial charge in [-0.25, -0.2) is 0 Å². The number of nitrogens with zero attached hydrogens (tertiary/aromatic N) is 1. The molecule has 2 atom stereocenters. The summed E-state index contributed by atoms with van der Waals surface area (Å²) in [6, 6.07) is 2.85. The van der Waals surface area contributed by atoms with Gasteiger partial charge < -0.3 is 5.73 Å². The van der Waals surface area contributed by atoms with Crippen molar-refractivity contribution in [3.8, 4) is 0 Å². The first-order chi connectivity index (χ1) is 7.10. The largest absolute Gasteiger partial charge is 0.329 e. The number of hydrogen-bond donors (Lipinski definition) is 1. The predicted molar refractivity (Wildman–Crippen MR) is 68.6 cm³/mol. The second-order valence-electron chi connectivity index (χ2n) is 3.84. The van der Waals surface area contributed by atoms with Gasteiger partial charge in [0.15, 0.2) is 0 Å². The first kappa shape index (κ1) is 13.0. The summed E-state index contributed by atoms with van der Waals surface area (Å²) < 4.78 is 0. The van der Waals surface area contributed by atoms with Crippen molar-refractivity contribution < 1.29 is 0 Å². The molecule has 0 fully saturated rings. The summed E-state index contributed by atoms with van der Waals surface area (Å²) in [6.07, 6.45) is 1.13. The van der Waals surface area contributed by atoms with Gasteiger partial charge in [0.05, 0.1) is 11.1 Å². The lowest BCUT2D eigenvalue weighted by atomic mass is 10.1. The van der Waals surface area contributed by atoms with E-state index in [0.29, 0.717) is 12.6 Å². The zero-order valence-corrected chi connectivity index (χ0v) is 11.1. The SMILES string of the molecule is CCC(C)N(C)C(CN)c1cc(Cl)cs1. The minimum atomic E-state index is 0.289. The van der Waals surface area contributed by atoms with Crippen LogP contribution in [0.5, 0.6) is 0 Å². The van der Waals surface area contributed by atoms with Crippen LogP contribution in [-0.4, -0.2) is 24.5 Å². The Balaban J connectivity index is 2.79. The third kappa shape index (κ3) is 3.18. The van der Waals surface area contributed by atoms with Crippen LogP contribution >= 0.6 is 22.9 Å². The molecule has 1 rings (SSSR count). The Morgan fingerprint density at radius 3 is 2.67 bits per heavy atom. The van der Waals surface area contributed by atoms with Gasteiger partial charge in [0.1, 0.15) is 0 Å². The van der Waals surface area contributed by atoms with Crippen molar-refractivity contribution in [2.75, 3.05) is 13.6 Å². The average Bonchev–Trinajstić information content (AvgIpc) is 2.64. The Hall–Kier alpha value is -0.0900. The van der Waals surface area contributed by atoms with Crippen LogP contribution in [0.25, 0.3) is 0 Å². The van der Waals surface area contributed by atoms with E-state index in [1.165, 1.54) is 4.88 Å². The number of halogens is 1. The van der Waals surface area contributed by atoms with Gasteiger partial charge in [0.2, 0.25) is 0 Å². The van der Waals surface area contributed by atoms with E-state index in [0.717, 1.165) is 11.4 Å². The van der Waals surface area contributed by atoms with Crippen molar-refractivity contribution in [3.05, 3.63) is 21.3 Å². The van der Waals surface area contributed by atoms with Gasteiger partial charge in [-0.2, -0.15) is 0 Å². The maximum absolute atomic E-state index is 5.93. The number of nitrogens with two attached hydrogens (primary N) is 1. The lowest BCUT2D eigenvalue weighted by Gasteiger charge is -2.31. The standard InChI is InChI=1S/C11H19ClN2S/c1-4-8(2)14(3)10(6-13)11-5-9(12)7-15-11/h5,7-8,10H,4,6,13H2,1-3H3. The summed E-state index contributed by atoms with van der Waals surface area (Å²) in [5, 5.41) is 2.77. The lowest BCUT2D eigenvalue weighted by Crippen LogP contribution is -2.36. The minimum absolute atomic E-state index is 0.289. The molecule has 0 radical (unpaired) electrons. The van der Waals surface area contributed by atoms with E-state index in [4.69, 9.17) is 17.3 Å². The maximum atomic E-state index is 5.93. The summed E-state index contributed by atoms with van der Waals surface area (Å²) in [4.78, 5) is 3.58. The van der Waals surface area contributed by atoms with E-state index in [2.05, 4.69) is 25.8 Å². The number of thiophene rings is 1. The summed E-state index contributed by atoms with van der Waals surface area (Å²) in [5.41, 5.74) is 5.83. The molecule has 2 unspecified atom stereocenters. The van der Waals surface area contributed by atoms with E-state index >= 15 is 0 Å². The highest BCUT2D eigenvalue weighted by atomic mass is 35.5. The van der Waals surface area contributed by atoms with Gasteiger partial charge >= 0.3 is 0 Å². The summed E-state index contributed by atoms with van der Waals surface area (Å²) in [6.45, 7) is 5.05. The van der Waals surface area contributed by atoms with Crippen LogP contribution in [-0.2, 0) is 0 Å². The normalized spacial score (nSPS) is 15.6. The molecule has 2 N–H and O–H groups in total. The third-order valence-corrected chi connectivity index (χ3v) is 4.30. The first-order valence-corrected chi connectivity index (χ1v) is 6.51. The smallest absolute Gasteiger partial charge is 0.0564 e. The fourth-order valence-electron chi connectivity index (χ4n) is 1.58. The van der Waals surface area contributed by atoms with E-state index in [9.17, 15) is 0 Å². The predicted octanol–water partition coefficient (Wildman–Crippen LogP) is 3.13. The second-order valence-corrected chi connectivity index (χ2v) is 5.22. The Kier molecular flexibility index (Phi) is 5.06. The molecule has 2 nitrogen and oxygen atoms in total. The fourth-order valence-corrected chi connectivity index (χ4v) is 2.83. The van der Waals surface area contributed by atoms with Crippen LogP contribution < -0.4 is 5.73 Å². The van der Waals surface area contributed by atoms with E-state index in [1.807, 2.05) is 11.4 Å². The molecule has 86 valence electrons. The van der Waals surface area contributed by atoms with Gasteiger partial charge in [0.25, 0.3) is 0 Å². The molecular weight excluding hydrogens is 228 g/mol. The van der Waals surface area contributed by atoms with Crippen LogP contribution in [0.15, 0.2) is 11.4 Å². The molecule has 4 heteroatoms. The summed E-state index contributed by atoms with van der Waals surface area (Å²) in [5.74, 6) is 0. The molecule has 0 amide bonds. The highest BCUT2D eigenvalue weighted by Crippen LogP contribution is 2.29. The van der Waals surface area contributed by atoms with E-state index in [1.54, 1.807) is 11.3 Å². The molecule has 0 aliphatic heterocycles. The Bertz CT molecular complexity index is 301. The van der Waals surface area contributed by atoms with E-state index < -0.39 is 0 Å². The van der Waals surface area contributed by atoms with Gasteiger partial charge in [-0.15, -0.1) is 11.3 Å². The second kappa shape index (κ2) is 5.85. The fraction of sp³-hybridized carbons (Fsp3) is 0.636. The quantitative estimate of drug-likeness (QED) is 0.865. The van der Waals surface area contributed by atoms with Crippen LogP contribution in [0.3, 0.4) is 0 Å². The molecule has 15 heavy (non-hydrogen) atoms. The zero-order chi connectivity index (χ0) is 11.4. The van der Waals surface area contributed by atoms with Crippen molar-refractivity contribution in [2.24, 2.45) is 5.73 Å². The third-order valence-electron chi connectivity index (χ3n) is 2.92. The zero-order valence-electron chi connectivity index (χ0n) is 9.53. The number of likely N-dealkylation sites (N-methyl/N-ethyl adjacent to an activating group) is 1. The highest BCUT2D eigenvalue weighted by molar-refractivity contribution is 7.10. The molecule has 1 aromatic rings. The molecule has 0 aliphatic carbocycles. The molecule has 1 heterocycles. The average molecular weight is 247 g/mol. The maximum Gasteiger partial charge on any atom is 0.0564 e. The van der Waals surface area contributed by atoms with Gasteiger partial charge in [-0.3, -0.25) is 4.90 Å². The van der Waals surface area contributed by atoms with Crippen LogP contribution in [0.1, 0.15) is 31.2 Å². The molecular formula is C11H19ClN2S. The van der Waals surface area contributed by atoms with Crippen molar-refractivity contribution in [2.45, 2.75) is 32.4 Å². The molecule has 1 aromatic heterocycles. The number of rotatable bonds is 5. The first-order valence-electron chi connectivity index (χ1n) is 5.26. The van der Waals surface area contributed by atoms with Crippen LogP contribution in [0.4, 0.5) is 0 Å². The van der Waals surface area contributed by atoms with Crippen LogP contribution in [0.2, 0.25) is 5.02 Å². The molecule has 0 saturated heterocycles. The van der Waals surface area contributed by atoms with E-state index in [-0.39, 0.29) is 6.04 Å². The number of hydrogen-bond acceptors (Lipinski definition) is 3. The van der Waals surface area contributed by atoms with Crippen molar-refractivity contribution in [3.63, 3.8) is 0 Å². The van der Waals surface area contributed by atoms with Gasteiger partial charge in [-0.05, 0) is 26.5 Å². The minimum Gasteiger partial charge on any atom is -0.329 e. The van der Waals surface area contributed by atoms with Crippen molar-refractivity contribution in [1.29, 1.82) is 0 Å². The Morgan fingerprint density at radius 1 is 1.60 bits per heavy atom. The lowest BCUT2D eigenvalue weighted by molar-refractivity contribution is 0.187. The molecule has 0 aromatic carbocycles. The van der Waals surface area contributed by atoms with Gasteiger partial charge in [0, 0.05) is 22.8 Å². The van der Waals surface area contributed by atoms with Gasteiger partial charge in [-0.1, -0.05) is 18.5 Å².